The lowest BCUT2D eigenvalue weighted by Crippen LogP contribution is -1.83. The molecule has 0 saturated carbocycles. The Morgan fingerprint density at radius 1 is 0.765 bits per heavy atom. The lowest BCUT2D eigenvalue weighted by molar-refractivity contribution is 0.475. The van der Waals surface area contributed by atoms with E-state index in [0.717, 1.165) is 0 Å². The van der Waals surface area contributed by atoms with Gasteiger partial charge in [0.15, 0.2) is 0 Å². The summed E-state index contributed by atoms with van der Waals surface area (Å²) in [5.41, 5.74) is 1.17. The zero-order valence-electron chi connectivity index (χ0n) is 8.35. The topological polar surface area (TPSA) is 20.2 Å². The number of aromatic hydroxyl groups is 1. The first-order chi connectivity index (χ1) is 7.99. The highest BCUT2D eigenvalue weighted by molar-refractivity contribution is 6.45. The summed E-state index contributed by atoms with van der Waals surface area (Å²) in [6.07, 6.45) is 0. The normalized spacial score (nSPS) is 10.6. The highest BCUT2D eigenvalue weighted by Crippen LogP contribution is 2.40. The molecule has 0 radical (unpaired) electrons. The zero-order chi connectivity index (χ0) is 12.6. The molecule has 0 spiro atoms. The summed E-state index contributed by atoms with van der Waals surface area (Å²) in [6.45, 7) is 0. The lowest BCUT2D eigenvalue weighted by atomic mass is 10.1. The Kier molecular flexibility index (Phi) is 3.74. The van der Waals surface area contributed by atoms with Crippen molar-refractivity contribution in [3.8, 4) is 16.9 Å². The molecule has 0 amide bonds. The Balaban J connectivity index is 2.72. The summed E-state index contributed by atoms with van der Waals surface area (Å²) >= 11 is 24.0. The highest BCUT2D eigenvalue weighted by Gasteiger charge is 2.12. The van der Waals surface area contributed by atoms with Gasteiger partial charge in [0.2, 0.25) is 0 Å². The van der Waals surface area contributed by atoms with E-state index in [9.17, 15) is 5.11 Å². The number of phenols is 1. The van der Waals surface area contributed by atoms with Crippen molar-refractivity contribution < 1.29 is 5.11 Å². The molecule has 2 aromatic carbocycles. The molecule has 2 aromatic rings. The lowest BCUT2D eigenvalue weighted by Gasteiger charge is -2.09. The number of halogens is 4. The molecule has 0 saturated heterocycles. The molecule has 0 aliphatic rings. The zero-order valence-corrected chi connectivity index (χ0v) is 11.4. The van der Waals surface area contributed by atoms with Gasteiger partial charge in [-0.3, -0.25) is 0 Å². The van der Waals surface area contributed by atoms with Crippen molar-refractivity contribution in [2.24, 2.45) is 0 Å². The molecule has 0 unspecified atom stereocenters. The van der Waals surface area contributed by atoms with Gasteiger partial charge in [0.05, 0.1) is 10.0 Å². The molecule has 0 atom stereocenters. The third-order valence-electron chi connectivity index (χ3n) is 2.23. The van der Waals surface area contributed by atoms with Gasteiger partial charge >= 0.3 is 0 Å². The van der Waals surface area contributed by atoms with Gasteiger partial charge in [0.1, 0.15) is 5.75 Å². The Hall–Kier alpha value is -0.600. The minimum atomic E-state index is 0.0940. The van der Waals surface area contributed by atoms with Crippen LogP contribution in [0.5, 0.6) is 5.75 Å². The van der Waals surface area contributed by atoms with Crippen LogP contribution in [0.1, 0.15) is 0 Å². The van der Waals surface area contributed by atoms with Crippen LogP contribution < -0.4 is 0 Å². The van der Waals surface area contributed by atoms with Crippen LogP contribution in [-0.4, -0.2) is 5.11 Å². The molecule has 88 valence electrons. The van der Waals surface area contributed by atoms with Gasteiger partial charge in [-0.2, -0.15) is 0 Å². The van der Waals surface area contributed by atoms with E-state index >= 15 is 0 Å². The SMILES string of the molecule is Oc1ccc(Cl)c(-c2cc(Cl)cc(Cl)c2Cl)c1. The van der Waals surface area contributed by atoms with Crippen LogP contribution >= 0.6 is 46.4 Å². The van der Waals surface area contributed by atoms with E-state index in [1.165, 1.54) is 12.1 Å². The van der Waals surface area contributed by atoms with Crippen molar-refractivity contribution in [3.05, 3.63) is 50.4 Å². The van der Waals surface area contributed by atoms with E-state index in [1.807, 2.05) is 0 Å². The van der Waals surface area contributed by atoms with Crippen LogP contribution in [0.25, 0.3) is 11.1 Å². The fourth-order valence-corrected chi connectivity index (χ4v) is 2.40. The average Bonchev–Trinajstić information content (AvgIpc) is 2.27. The van der Waals surface area contributed by atoms with Crippen molar-refractivity contribution in [2.45, 2.75) is 0 Å². The predicted molar refractivity (Wildman–Crippen MR) is 73.6 cm³/mol. The third kappa shape index (κ3) is 2.63. The molecule has 0 fully saturated rings. The van der Waals surface area contributed by atoms with Crippen LogP contribution in [0, 0.1) is 0 Å². The van der Waals surface area contributed by atoms with Crippen molar-refractivity contribution in [1.82, 2.24) is 0 Å². The molecule has 0 aromatic heterocycles. The third-order valence-corrected chi connectivity index (χ3v) is 3.58. The second-order valence-electron chi connectivity index (χ2n) is 3.41. The molecule has 0 bridgehead atoms. The smallest absolute Gasteiger partial charge is 0.116 e. The maximum Gasteiger partial charge on any atom is 0.116 e. The van der Waals surface area contributed by atoms with Crippen molar-refractivity contribution in [2.75, 3.05) is 0 Å². The number of rotatable bonds is 1. The van der Waals surface area contributed by atoms with Crippen molar-refractivity contribution in [3.63, 3.8) is 0 Å². The predicted octanol–water partition coefficient (Wildman–Crippen LogP) is 5.67. The Morgan fingerprint density at radius 2 is 1.47 bits per heavy atom. The summed E-state index contributed by atoms with van der Waals surface area (Å²) in [6, 6.07) is 7.78. The fourth-order valence-electron chi connectivity index (χ4n) is 1.47. The standard InChI is InChI=1S/C12H6Cl4O/c13-6-3-9(12(16)11(15)4-6)8-5-7(17)1-2-10(8)14/h1-5,17H. The van der Waals surface area contributed by atoms with Gasteiger partial charge in [-0.05, 0) is 30.3 Å². The van der Waals surface area contributed by atoms with Crippen LogP contribution in [0.3, 0.4) is 0 Å². The number of hydrogen-bond acceptors (Lipinski definition) is 1. The molecule has 0 aliphatic carbocycles. The minimum Gasteiger partial charge on any atom is -0.508 e. The first kappa shape index (κ1) is 12.8. The van der Waals surface area contributed by atoms with Gasteiger partial charge in [0, 0.05) is 21.2 Å². The molecular formula is C12H6Cl4O. The second-order valence-corrected chi connectivity index (χ2v) is 5.04. The van der Waals surface area contributed by atoms with Crippen LogP contribution in [-0.2, 0) is 0 Å². The van der Waals surface area contributed by atoms with Gasteiger partial charge in [0.25, 0.3) is 0 Å². The quantitative estimate of drug-likeness (QED) is 0.673. The summed E-state index contributed by atoms with van der Waals surface area (Å²) in [7, 11) is 0. The molecule has 2 rings (SSSR count). The molecule has 1 N–H and O–H groups in total. The van der Waals surface area contributed by atoms with E-state index in [0.29, 0.717) is 31.2 Å². The fraction of sp³-hybridized carbons (Fsp3) is 0. The van der Waals surface area contributed by atoms with Gasteiger partial charge < -0.3 is 5.11 Å². The number of hydrogen-bond donors (Lipinski definition) is 1. The summed E-state index contributed by atoms with van der Waals surface area (Å²) in [4.78, 5) is 0. The highest BCUT2D eigenvalue weighted by atomic mass is 35.5. The van der Waals surface area contributed by atoms with Crippen LogP contribution in [0.15, 0.2) is 30.3 Å². The largest absolute Gasteiger partial charge is 0.508 e. The number of benzene rings is 2. The van der Waals surface area contributed by atoms with E-state index in [-0.39, 0.29) is 5.75 Å². The van der Waals surface area contributed by atoms with E-state index in [1.54, 1.807) is 18.2 Å². The Bertz CT molecular complexity index is 581. The van der Waals surface area contributed by atoms with E-state index < -0.39 is 0 Å². The maximum absolute atomic E-state index is 9.46. The molecular weight excluding hydrogens is 302 g/mol. The minimum absolute atomic E-state index is 0.0940. The van der Waals surface area contributed by atoms with Crippen LogP contribution in [0.4, 0.5) is 0 Å². The summed E-state index contributed by atoms with van der Waals surface area (Å²) in [5, 5.41) is 11.1. The van der Waals surface area contributed by atoms with Crippen molar-refractivity contribution in [1.29, 1.82) is 0 Å². The molecule has 17 heavy (non-hydrogen) atoms. The maximum atomic E-state index is 9.46. The van der Waals surface area contributed by atoms with Crippen LogP contribution in [0.2, 0.25) is 20.1 Å². The monoisotopic (exact) mass is 306 g/mol. The van der Waals surface area contributed by atoms with E-state index in [4.69, 9.17) is 46.4 Å². The first-order valence-electron chi connectivity index (χ1n) is 4.62. The molecule has 5 heteroatoms. The second kappa shape index (κ2) is 4.95. The van der Waals surface area contributed by atoms with E-state index in [2.05, 4.69) is 0 Å². The average molecular weight is 308 g/mol. The van der Waals surface area contributed by atoms with Gasteiger partial charge in [-0.15, -0.1) is 0 Å². The number of phenolic OH excluding ortho intramolecular Hbond substituents is 1. The van der Waals surface area contributed by atoms with Gasteiger partial charge in [-0.1, -0.05) is 46.4 Å². The first-order valence-corrected chi connectivity index (χ1v) is 6.13. The Labute approximate surface area is 118 Å². The molecule has 1 nitrogen and oxygen atoms in total. The summed E-state index contributed by atoms with van der Waals surface area (Å²) in [5.74, 6) is 0.0940. The van der Waals surface area contributed by atoms with Gasteiger partial charge in [-0.25, -0.2) is 0 Å². The summed E-state index contributed by atoms with van der Waals surface area (Å²) < 4.78 is 0. The van der Waals surface area contributed by atoms with Crippen molar-refractivity contribution >= 4 is 46.4 Å². The Morgan fingerprint density at radius 3 is 2.18 bits per heavy atom. The molecule has 0 aliphatic heterocycles. The molecule has 0 heterocycles.